The molecule has 8 nitrogen and oxygen atoms in total. The lowest BCUT2D eigenvalue weighted by Crippen LogP contribution is -2.46. The summed E-state index contributed by atoms with van der Waals surface area (Å²) in [6.45, 7) is 3.05. The van der Waals surface area contributed by atoms with Crippen molar-refractivity contribution in [3.8, 4) is 17.7 Å². The second-order valence-corrected chi connectivity index (χ2v) is 8.10. The second kappa shape index (κ2) is 9.71. The van der Waals surface area contributed by atoms with E-state index in [-0.39, 0.29) is 36.1 Å². The number of aryl methyl sites for hydroxylation is 1. The maximum Gasteiger partial charge on any atom is 0.266 e. The molecule has 32 heavy (non-hydrogen) atoms. The van der Waals surface area contributed by atoms with Crippen LogP contribution in [0.1, 0.15) is 29.7 Å². The predicted octanol–water partition coefficient (Wildman–Crippen LogP) is 3.05. The number of aliphatic hydroxyl groups is 1. The SMILES string of the molecule is Cc1ccc(CC(CO)NC(=O)C2CCN(c3oc(-c4ccco4)nc3C#N)CC2)cc1. The summed E-state index contributed by atoms with van der Waals surface area (Å²) in [5.41, 5.74) is 2.46. The zero-order valence-corrected chi connectivity index (χ0v) is 18.0. The average Bonchev–Trinajstić information content (AvgIpc) is 3.50. The Bertz CT molecular complexity index is 1070. The van der Waals surface area contributed by atoms with Crippen LogP contribution < -0.4 is 10.2 Å². The van der Waals surface area contributed by atoms with Crippen LogP contribution in [0.5, 0.6) is 0 Å². The molecule has 1 amide bonds. The highest BCUT2D eigenvalue weighted by Gasteiger charge is 2.30. The minimum Gasteiger partial charge on any atom is -0.459 e. The Labute approximate surface area is 186 Å². The van der Waals surface area contributed by atoms with Crippen LogP contribution in [0.2, 0.25) is 0 Å². The molecule has 0 spiro atoms. The smallest absolute Gasteiger partial charge is 0.266 e. The van der Waals surface area contributed by atoms with Gasteiger partial charge in [-0.05, 0) is 43.9 Å². The summed E-state index contributed by atoms with van der Waals surface area (Å²) in [7, 11) is 0. The molecule has 1 aromatic carbocycles. The van der Waals surface area contributed by atoms with E-state index < -0.39 is 0 Å². The van der Waals surface area contributed by atoms with Crippen LogP contribution in [-0.2, 0) is 11.2 Å². The summed E-state index contributed by atoms with van der Waals surface area (Å²) in [6.07, 6.45) is 3.35. The number of carbonyl (C=O) groups excluding carboxylic acids is 1. The average molecular weight is 434 g/mol. The third-order valence-corrected chi connectivity index (χ3v) is 5.77. The van der Waals surface area contributed by atoms with E-state index in [1.54, 1.807) is 12.1 Å². The number of aliphatic hydroxyl groups excluding tert-OH is 1. The van der Waals surface area contributed by atoms with Crippen molar-refractivity contribution in [2.24, 2.45) is 5.92 Å². The van der Waals surface area contributed by atoms with Crippen LogP contribution >= 0.6 is 0 Å². The van der Waals surface area contributed by atoms with Crippen LogP contribution in [-0.4, -0.2) is 41.7 Å². The van der Waals surface area contributed by atoms with Crippen LogP contribution in [0.3, 0.4) is 0 Å². The van der Waals surface area contributed by atoms with Gasteiger partial charge in [-0.15, -0.1) is 0 Å². The number of nitrogens with one attached hydrogen (secondary N) is 1. The van der Waals surface area contributed by atoms with Gasteiger partial charge in [-0.2, -0.15) is 10.2 Å². The second-order valence-electron chi connectivity index (χ2n) is 8.10. The van der Waals surface area contributed by atoms with Gasteiger partial charge in [-0.25, -0.2) is 0 Å². The number of rotatable bonds is 7. The Morgan fingerprint density at radius 3 is 2.69 bits per heavy atom. The van der Waals surface area contributed by atoms with Gasteiger partial charge >= 0.3 is 0 Å². The number of hydrogen-bond donors (Lipinski definition) is 2. The molecule has 166 valence electrons. The maximum atomic E-state index is 12.8. The van der Waals surface area contributed by atoms with Gasteiger partial charge < -0.3 is 24.2 Å². The summed E-state index contributed by atoms with van der Waals surface area (Å²) in [5, 5.41) is 22.2. The number of nitriles is 1. The van der Waals surface area contributed by atoms with E-state index in [1.165, 1.54) is 11.8 Å². The van der Waals surface area contributed by atoms with Crippen molar-refractivity contribution in [3.05, 3.63) is 59.5 Å². The highest BCUT2D eigenvalue weighted by atomic mass is 16.4. The quantitative estimate of drug-likeness (QED) is 0.587. The lowest BCUT2D eigenvalue weighted by molar-refractivity contribution is -0.126. The minimum absolute atomic E-state index is 0.0508. The molecule has 0 saturated carbocycles. The number of aromatic nitrogens is 1. The van der Waals surface area contributed by atoms with E-state index in [0.717, 1.165) is 5.56 Å². The van der Waals surface area contributed by atoms with Crippen LogP contribution in [0.4, 0.5) is 5.88 Å². The molecule has 1 aliphatic rings. The van der Waals surface area contributed by atoms with Gasteiger partial charge in [-0.1, -0.05) is 29.8 Å². The Morgan fingerprint density at radius 2 is 2.06 bits per heavy atom. The third-order valence-electron chi connectivity index (χ3n) is 5.77. The predicted molar refractivity (Wildman–Crippen MR) is 118 cm³/mol. The molecule has 1 unspecified atom stereocenters. The minimum atomic E-state index is -0.321. The first-order valence-corrected chi connectivity index (χ1v) is 10.7. The number of hydrogen-bond acceptors (Lipinski definition) is 7. The van der Waals surface area contributed by atoms with E-state index in [2.05, 4.69) is 16.4 Å². The van der Waals surface area contributed by atoms with Gasteiger partial charge in [0.05, 0.1) is 18.9 Å². The van der Waals surface area contributed by atoms with Crippen molar-refractivity contribution in [2.75, 3.05) is 24.6 Å². The van der Waals surface area contributed by atoms with Crippen molar-refractivity contribution in [1.29, 1.82) is 5.26 Å². The van der Waals surface area contributed by atoms with E-state index in [0.29, 0.717) is 44.0 Å². The molecule has 1 saturated heterocycles. The molecule has 2 N–H and O–H groups in total. The molecule has 1 atom stereocenters. The monoisotopic (exact) mass is 434 g/mol. The van der Waals surface area contributed by atoms with E-state index in [1.807, 2.05) is 36.1 Å². The number of oxazole rings is 1. The summed E-state index contributed by atoms with van der Waals surface area (Å²) >= 11 is 0. The molecular weight excluding hydrogens is 408 g/mol. The van der Waals surface area contributed by atoms with Crippen LogP contribution in [0.15, 0.2) is 51.5 Å². The first kappa shape index (κ1) is 21.7. The molecule has 1 fully saturated rings. The van der Waals surface area contributed by atoms with E-state index >= 15 is 0 Å². The maximum absolute atomic E-state index is 12.8. The molecule has 3 aromatic rings. The number of benzene rings is 1. The molecule has 0 aliphatic carbocycles. The van der Waals surface area contributed by atoms with Gasteiger partial charge in [0.15, 0.2) is 5.76 Å². The zero-order valence-electron chi connectivity index (χ0n) is 18.0. The summed E-state index contributed by atoms with van der Waals surface area (Å²) in [5.74, 6) is 0.931. The summed E-state index contributed by atoms with van der Waals surface area (Å²) in [6, 6.07) is 13.3. The first-order valence-electron chi connectivity index (χ1n) is 10.7. The van der Waals surface area contributed by atoms with Crippen LogP contribution in [0, 0.1) is 24.2 Å². The number of piperidine rings is 1. The lowest BCUT2D eigenvalue weighted by Gasteiger charge is -2.31. The molecule has 0 bridgehead atoms. The van der Waals surface area contributed by atoms with Crippen molar-refractivity contribution < 1.29 is 18.7 Å². The van der Waals surface area contributed by atoms with Crippen molar-refractivity contribution in [3.63, 3.8) is 0 Å². The first-order chi connectivity index (χ1) is 15.6. The topological polar surface area (TPSA) is 116 Å². The highest BCUT2D eigenvalue weighted by Crippen LogP contribution is 2.31. The lowest BCUT2D eigenvalue weighted by atomic mass is 9.95. The molecule has 2 aromatic heterocycles. The van der Waals surface area contributed by atoms with E-state index in [4.69, 9.17) is 8.83 Å². The van der Waals surface area contributed by atoms with Gasteiger partial charge in [0.2, 0.25) is 17.5 Å². The van der Waals surface area contributed by atoms with Gasteiger partial charge in [0.1, 0.15) is 6.07 Å². The summed E-state index contributed by atoms with van der Waals surface area (Å²) < 4.78 is 11.1. The highest BCUT2D eigenvalue weighted by molar-refractivity contribution is 5.79. The molecule has 4 rings (SSSR count). The molecule has 1 aliphatic heterocycles. The molecule has 0 radical (unpaired) electrons. The zero-order chi connectivity index (χ0) is 22.5. The largest absolute Gasteiger partial charge is 0.459 e. The van der Waals surface area contributed by atoms with E-state index in [9.17, 15) is 15.2 Å². The third kappa shape index (κ3) is 4.84. The normalized spacial score (nSPS) is 15.3. The standard InChI is InChI=1S/C24H26N4O4/c1-16-4-6-17(7-5-16)13-19(15-29)26-22(30)18-8-10-28(11-9-18)24-20(14-25)27-23(32-24)21-3-2-12-31-21/h2-7,12,18-19,29H,8-11,13,15H2,1H3,(H,26,30). The van der Waals surface area contributed by atoms with Gasteiger partial charge in [-0.3, -0.25) is 4.79 Å². The van der Waals surface area contributed by atoms with Crippen molar-refractivity contribution in [1.82, 2.24) is 10.3 Å². The van der Waals surface area contributed by atoms with Crippen molar-refractivity contribution in [2.45, 2.75) is 32.2 Å². The summed E-state index contributed by atoms with van der Waals surface area (Å²) in [4.78, 5) is 19.0. The Hall–Kier alpha value is -3.57. The fraction of sp³-hybridized carbons (Fsp3) is 0.375. The number of furan rings is 1. The number of carbonyl (C=O) groups is 1. The van der Waals surface area contributed by atoms with Crippen molar-refractivity contribution >= 4 is 11.8 Å². The number of nitrogens with zero attached hydrogens (tertiary/aromatic N) is 3. The van der Waals surface area contributed by atoms with Crippen LogP contribution in [0.25, 0.3) is 11.7 Å². The fourth-order valence-electron chi connectivity index (χ4n) is 3.94. The molecule has 8 heteroatoms. The Morgan fingerprint density at radius 1 is 1.31 bits per heavy atom. The Kier molecular flexibility index (Phi) is 6.57. The molecule has 3 heterocycles. The Balaban J connectivity index is 1.34. The number of anilines is 1. The van der Waals surface area contributed by atoms with Gasteiger partial charge in [0, 0.05) is 19.0 Å². The van der Waals surface area contributed by atoms with Gasteiger partial charge in [0.25, 0.3) is 5.89 Å². The molecular formula is C24H26N4O4. The number of amides is 1. The fourth-order valence-corrected chi connectivity index (χ4v) is 3.94.